The quantitative estimate of drug-likeness (QED) is 0.573. The molecule has 0 aliphatic carbocycles. The summed E-state index contributed by atoms with van der Waals surface area (Å²) < 4.78 is 12.4. The molecular formula is C12H16O2. The molecule has 0 bridgehead atoms. The number of ether oxygens (including phenoxy) is 1. The highest BCUT2D eigenvalue weighted by Gasteiger charge is 1.90. The summed E-state index contributed by atoms with van der Waals surface area (Å²) in [6.45, 7) is 1.56. The lowest BCUT2D eigenvalue weighted by molar-refractivity contribution is 0.147. The van der Waals surface area contributed by atoms with Gasteiger partial charge in [-0.1, -0.05) is 36.4 Å². The SMILES string of the molecule is [2H][C@@H](O)/C(C)=C/COCc1ccccc1. The fourth-order valence-corrected chi connectivity index (χ4v) is 0.994. The molecule has 0 aliphatic rings. The second kappa shape index (κ2) is 6.35. The predicted octanol–water partition coefficient (Wildman–Crippen LogP) is 2.14. The summed E-state index contributed by atoms with van der Waals surface area (Å²) in [6, 6.07) is 9.89. The average Bonchev–Trinajstić information content (AvgIpc) is 2.25. The first-order valence-corrected chi connectivity index (χ1v) is 4.59. The highest BCUT2D eigenvalue weighted by atomic mass is 16.5. The summed E-state index contributed by atoms with van der Waals surface area (Å²) in [5, 5.41) is 8.88. The molecule has 1 N–H and O–H groups in total. The third kappa shape index (κ3) is 4.21. The molecule has 14 heavy (non-hydrogen) atoms. The fourth-order valence-electron chi connectivity index (χ4n) is 0.994. The van der Waals surface area contributed by atoms with Crippen LogP contribution >= 0.6 is 0 Å². The van der Waals surface area contributed by atoms with Crippen molar-refractivity contribution in [1.29, 1.82) is 0 Å². The molecule has 0 saturated carbocycles. The van der Waals surface area contributed by atoms with E-state index in [0.29, 0.717) is 18.8 Å². The standard InChI is InChI=1S/C12H16O2/c1-11(9-13)7-8-14-10-12-5-3-2-4-6-12/h2-7,13H,8-10H2,1H3/b11-7+/i9D/t9-/m1/s1. The third-order valence-electron chi connectivity index (χ3n) is 1.84. The van der Waals surface area contributed by atoms with Crippen LogP contribution in [-0.2, 0) is 11.3 Å². The van der Waals surface area contributed by atoms with Gasteiger partial charge >= 0.3 is 0 Å². The van der Waals surface area contributed by atoms with Crippen LogP contribution in [0.4, 0.5) is 0 Å². The van der Waals surface area contributed by atoms with Crippen molar-refractivity contribution in [2.75, 3.05) is 13.2 Å². The highest BCUT2D eigenvalue weighted by Crippen LogP contribution is 2.00. The van der Waals surface area contributed by atoms with Crippen LogP contribution in [0, 0.1) is 0 Å². The van der Waals surface area contributed by atoms with Gasteiger partial charge in [-0.05, 0) is 18.1 Å². The summed E-state index contributed by atoms with van der Waals surface area (Å²) in [5.74, 6) is 0. The number of hydrogen-bond acceptors (Lipinski definition) is 2. The molecule has 0 aromatic heterocycles. The molecule has 0 heterocycles. The summed E-state index contributed by atoms with van der Waals surface area (Å²) in [6.07, 6.45) is 1.72. The second-order valence-corrected chi connectivity index (χ2v) is 3.08. The molecule has 1 aromatic rings. The first-order chi connectivity index (χ1) is 7.20. The molecule has 76 valence electrons. The van der Waals surface area contributed by atoms with Crippen molar-refractivity contribution in [2.24, 2.45) is 0 Å². The van der Waals surface area contributed by atoms with Gasteiger partial charge < -0.3 is 9.84 Å². The first kappa shape index (κ1) is 9.44. The molecule has 0 amide bonds. The molecule has 1 rings (SSSR count). The fraction of sp³-hybridized carbons (Fsp3) is 0.333. The van der Waals surface area contributed by atoms with Crippen LogP contribution in [0.1, 0.15) is 13.9 Å². The largest absolute Gasteiger partial charge is 0.392 e. The van der Waals surface area contributed by atoms with Gasteiger partial charge in [0.1, 0.15) is 0 Å². The number of benzene rings is 1. The zero-order valence-electron chi connectivity index (χ0n) is 9.31. The van der Waals surface area contributed by atoms with Crippen LogP contribution in [0.15, 0.2) is 42.0 Å². The summed E-state index contributed by atoms with van der Waals surface area (Å²) in [5.41, 5.74) is 1.73. The number of aliphatic hydroxyl groups excluding tert-OH is 1. The minimum Gasteiger partial charge on any atom is -0.392 e. The third-order valence-corrected chi connectivity index (χ3v) is 1.84. The van der Waals surface area contributed by atoms with Gasteiger partial charge in [-0.3, -0.25) is 0 Å². The Balaban J connectivity index is 2.26. The van der Waals surface area contributed by atoms with Crippen molar-refractivity contribution in [3.05, 3.63) is 47.5 Å². The lowest BCUT2D eigenvalue weighted by Crippen LogP contribution is -1.94. The normalized spacial score (nSPS) is 15.0. The highest BCUT2D eigenvalue weighted by molar-refractivity contribution is 5.13. The Hall–Kier alpha value is -1.12. The zero-order chi connectivity index (χ0) is 11.1. The van der Waals surface area contributed by atoms with Gasteiger partial charge in [-0.2, -0.15) is 0 Å². The zero-order valence-corrected chi connectivity index (χ0v) is 8.31. The van der Waals surface area contributed by atoms with Gasteiger partial charge in [0.25, 0.3) is 0 Å². The molecule has 0 saturated heterocycles. The molecule has 0 aliphatic heterocycles. The Labute approximate surface area is 86.2 Å². The minimum absolute atomic E-state index is 0.427. The van der Waals surface area contributed by atoms with Crippen molar-refractivity contribution in [3.63, 3.8) is 0 Å². The number of hydrogen-bond donors (Lipinski definition) is 1. The summed E-state index contributed by atoms with van der Waals surface area (Å²) >= 11 is 0. The molecule has 0 spiro atoms. The van der Waals surface area contributed by atoms with E-state index < -0.39 is 6.58 Å². The van der Waals surface area contributed by atoms with E-state index in [1.165, 1.54) is 0 Å². The molecule has 2 nitrogen and oxygen atoms in total. The van der Waals surface area contributed by atoms with Gasteiger partial charge in [0, 0.05) is 0 Å². The van der Waals surface area contributed by atoms with Gasteiger partial charge in [0.05, 0.1) is 21.2 Å². The second-order valence-electron chi connectivity index (χ2n) is 3.08. The number of aliphatic hydroxyl groups is 1. The molecule has 0 radical (unpaired) electrons. The molecular weight excluding hydrogens is 176 g/mol. The van der Waals surface area contributed by atoms with Crippen molar-refractivity contribution in [2.45, 2.75) is 13.5 Å². The van der Waals surface area contributed by atoms with Crippen LogP contribution in [0.25, 0.3) is 0 Å². The maximum atomic E-state index is 8.88. The Kier molecular flexibility index (Phi) is 4.28. The van der Waals surface area contributed by atoms with E-state index in [0.717, 1.165) is 5.56 Å². The smallest absolute Gasteiger partial charge is 0.0721 e. The molecule has 1 aromatic carbocycles. The molecule has 2 heteroatoms. The average molecular weight is 193 g/mol. The minimum atomic E-state index is -1.13. The monoisotopic (exact) mass is 193 g/mol. The van der Waals surface area contributed by atoms with Crippen LogP contribution in [0.3, 0.4) is 0 Å². The lowest BCUT2D eigenvalue weighted by atomic mass is 10.2. The van der Waals surface area contributed by atoms with Gasteiger partial charge in [-0.25, -0.2) is 0 Å². The Morgan fingerprint density at radius 1 is 1.50 bits per heavy atom. The first-order valence-electron chi connectivity index (χ1n) is 5.16. The Morgan fingerprint density at radius 2 is 2.21 bits per heavy atom. The molecule has 1 atom stereocenters. The van der Waals surface area contributed by atoms with E-state index in [2.05, 4.69) is 0 Å². The van der Waals surface area contributed by atoms with Gasteiger partial charge in [0.2, 0.25) is 0 Å². The van der Waals surface area contributed by atoms with Crippen molar-refractivity contribution in [1.82, 2.24) is 0 Å². The van der Waals surface area contributed by atoms with Gasteiger partial charge in [0.15, 0.2) is 0 Å². The van der Waals surface area contributed by atoms with Crippen LogP contribution < -0.4 is 0 Å². The van der Waals surface area contributed by atoms with Crippen molar-refractivity contribution >= 4 is 0 Å². The van der Waals surface area contributed by atoms with E-state index >= 15 is 0 Å². The van der Waals surface area contributed by atoms with E-state index in [1.807, 2.05) is 30.3 Å². The predicted molar refractivity (Wildman–Crippen MR) is 56.9 cm³/mol. The van der Waals surface area contributed by atoms with Crippen LogP contribution in [0.5, 0.6) is 0 Å². The van der Waals surface area contributed by atoms with E-state index in [9.17, 15) is 0 Å². The van der Waals surface area contributed by atoms with E-state index in [-0.39, 0.29) is 0 Å². The van der Waals surface area contributed by atoms with Crippen LogP contribution in [-0.4, -0.2) is 18.3 Å². The Morgan fingerprint density at radius 3 is 2.86 bits per heavy atom. The van der Waals surface area contributed by atoms with E-state index in [1.54, 1.807) is 13.0 Å². The Bertz CT molecular complexity index is 307. The van der Waals surface area contributed by atoms with E-state index in [4.69, 9.17) is 11.2 Å². The van der Waals surface area contributed by atoms with Crippen molar-refractivity contribution < 1.29 is 11.2 Å². The maximum absolute atomic E-state index is 8.88. The van der Waals surface area contributed by atoms with Gasteiger partial charge in [-0.15, -0.1) is 0 Å². The summed E-state index contributed by atoms with van der Waals surface area (Å²) in [4.78, 5) is 0. The van der Waals surface area contributed by atoms with Crippen molar-refractivity contribution in [3.8, 4) is 0 Å². The van der Waals surface area contributed by atoms with Crippen LogP contribution in [0.2, 0.25) is 0 Å². The number of rotatable bonds is 5. The summed E-state index contributed by atoms with van der Waals surface area (Å²) in [7, 11) is 0. The lowest BCUT2D eigenvalue weighted by Gasteiger charge is -2.01. The molecule has 0 fully saturated rings. The molecule has 0 unspecified atom stereocenters. The maximum Gasteiger partial charge on any atom is 0.0721 e. The topological polar surface area (TPSA) is 29.5 Å².